The predicted molar refractivity (Wildman–Crippen MR) is 100 cm³/mol. The SMILES string of the molecule is Cc1nccc(N2CC[C@]3(C[C@H](NC(=O)c4ccccn4)CC(F)(F)C3)C2=O)n1. The zero-order valence-corrected chi connectivity index (χ0v) is 15.9. The molecule has 152 valence electrons. The highest BCUT2D eigenvalue weighted by molar-refractivity contribution is 5.99. The number of nitrogens with one attached hydrogen (secondary N) is 1. The van der Waals surface area contributed by atoms with E-state index in [1.165, 1.54) is 17.2 Å². The van der Waals surface area contributed by atoms with Crippen molar-refractivity contribution in [2.24, 2.45) is 5.41 Å². The number of hydrogen-bond acceptors (Lipinski definition) is 5. The molecule has 0 unspecified atom stereocenters. The van der Waals surface area contributed by atoms with Crippen LogP contribution in [-0.2, 0) is 4.79 Å². The van der Waals surface area contributed by atoms with Crippen molar-refractivity contribution in [2.75, 3.05) is 11.4 Å². The summed E-state index contributed by atoms with van der Waals surface area (Å²) in [5, 5.41) is 2.65. The Labute approximate surface area is 166 Å². The van der Waals surface area contributed by atoms with Gasteiger partial charge in [0.05, 0.1) is 5.41 Å². The van der Waals surface area contributed by atoms with Gasteiger partial charge in [-0.05, 0) is 38.0 Å². The number of aromatic nitrogens is 3. The molecule has 2 aliphatic rings. The Kier molecular flexibility index (Phi) is 4.76. The molecule has 2 amide bonds. The molecule has 2 atom stereocenters. The summed E-state index contributed by atoms with van der Waals surface area (Å²) in [4.78, 5) is 39.3. The van der Waals surface area contributed by atoms with Crippen LogP contribution >= 0.6 is 0 Å². The van der Waals surface area contributed by atoms with Crippen LogP contribution in [0.15, 0.2) is 36.7 Å². The Morgan fingerprint density at radius 3 is 2.76 bits per heavy atom. The van der Waals surface area contributed by atoms with E-state index in [-0.39, 0.29) is 18.0 Å². The van der Waals surface area contributed by atoms with Gasteiger partial charge in [-0.3, -0.25) is 19.5 Å². The van der Waals surface area contributed by atoms with Gasteiger partial charge in [-0.2, -0.15) is 0 Å². The van der Waals surface area contributed by atoms with E-state index < -0.39 is 36.1 Å². The van der Waals surface area contributed by atoms with E-state index in [0.29, 0.717) is 24.6 Å². The molecule has 1 spiro atoms. The summed E-state index contributed by atoms with van der Waals surface area (Å²) in [6, 6.07) is 5.63. The largest absolute Gasteiger partial charge is 0.348 e. The molecule has 2 fully saturated rings. The number of rotatable bonds is 3. The van der Waals surface area contributed by atoms with E-state index in [1.54, 1.807) is 31.3 Å². The fourth-order valence-corrected chi connectivity index (χ4v) is 4.39. The number of amides is 2. The molecular weight excluding hydrogens is 380 g/mol. The minimum atomic E-state index is -3.05. The Morgan fingerprint density at radius 2 is 2.03 bits per heavy atom. The maximum absolute atomic E-state index is 14.6. The van der Waals surface area contributed by atoms with Gasteiger partial charge in [-0.15, -0.1) is 0 Å². The van der Waals surface area contributed by atoms with Gasteiger partial charge in [-0.1, -0.05) is 6.07 Å². The molecule has 4 rings (SSSR count). The summed E-state index contributed by atoms with van der Waals surface area (Å²) in [5.41, 5.74) is -1.06. The highest BCUT2D eigenvalue weighted by Gasteiger charge is 2.57. The second kappa shape index (κ2) is 7.13. The summed E-state index contributed by atoms with van der Waals surface area (Å²) in [7, 11) is 0. The summed E-state index contributed by atoms with van der Waals surface area (Å²) in [6.07, 6.45) is 2.46. The molecule has 0 bridgehead atoms. The number of hydrogen-bond donors (Lipinski definition) is 1. The van der Waals surface area contributed by atoms with Crippen molar-refractivity contribution in [3.63, 3.8) is 0 Å². The van der Waals surface area contributed by atoms with Crippen molar-refractivity contribution in [2.45, 2.75) is 44.6 Å². The van der Waals surface area contributed by atoms with Crippen LogP contribution in [0.4, 0.5) is 14.6 Å². The highest BCUT2D eigenvalue weighted by Crippen LogP contribution is 2.51. The highest BCUT2D eigenvalue weighted by atomic mass is 19.3. The first-order valence-electron chi connectivity index (χ1n) is 9.49. The third-order valence-corrected chi connectivity index (χ3v) is 5.56. The van der Waals surface area contributed by atoms with Crippen LogP contribution in [-0.4, -0.2) is 45.3 Å². The van der Waals surface area contributed by atoms with Gasteiger partial charge >= 0.3 is 0 Å². The van der Waals surface area contributed by atoms with Gasteiger partial charge in [0.2, 0.25) is 5.91 Å². The molecule has 1 aliphatic carbocycles. The Morgan fingerprint density at radius 1 is 1.21 bits per heavy atom. The monoisotopic (exact) mass is 401 g/mol. The average molecular weight is 401 g/mol. The molecule has 7 nitrogen and oxygen atoms in total. The fourth-order valence-electron chi connectivity index (χ4n) is 4.39. The molecule has 0 radical (unpaired) electrons. The molecule has 9 heteroatoms. The molecular formula is C20H21F2N5O2. The van der Waals surface area contributed by atoms with Crippen molar-refractivity contribution in [3.8, 4) is 0 Å². The van der Waals surface area contributed by atoms with Crippen molar-refractivity contribution < 1.29 is 18.4 Å². The number of pyridine rings is 1. The van der Waals surface area contributed by atoms with Crippen molar-refractivity contribution in [3.05, 3.63) is 48.2 Å². The number of aryl methyl sites for hydroxylation is 1. The number of carbonyl (C=O) groups excluding carboxylic acids is 2. The normalized spacial score (nSPS) is 26.0. The summed E-state index contributed by atoms with van der Waals surface area (Å²) < 4.78 is 29.2. The van der Waals surface area contributed by atoms with Crippen LogP contribution in [0.5, 0.6) is 0 Å². The smallest absolute Gasteiger partial charge is 0.270 e. The third-order valence-electron chi connectivity index (χ3n) is 5.56. The summed E-state index contributed by atoms with van der Waals surface area (Å²) in [6.45, 7) is 2.02. The number of anilines is 1. The van der Waals surface area contributed by atoms with E-state index in [1.807, 2.05) is 0 Å². The van der Waals surface area contributed by atoms with Crippen molar-refractivity contribution in [1.82, 2.24) is 20.3 Å². The number of carbonyl (C=O) groups is 2. The lowest BCUT2D eigenvalue weighted by atomic mass is 9.69. The van der Waals surface area contributed by atoms with Gasteiger partial charge < -0.3 is 5.32 Å². The Balaban J connectivity index is 1.55. The molecule has 29 heavy (non-hydrogen) atoms. The molecule has 2 aromatic heterocycles. The van der Waals surface area contributed by atoms with Gasteiger partial charge in [0.1, 0.15) is 17.3 Å². The first-order chi connectivity index (χ1) is 13.8. The van der Waals surface area contributed by atoms with Gasteiger partial charge in [0.15, 0.2) is 0 Å². The predicted octanol–water partition coefficient (Wildman–Crippen LogP) is 2.52. The zero-order chi connectivity index (χ0) is 20.6. The molecule has 3 heterocycles. The number of nitrogens with zero attached hydrogens (tertiary/aromatic N) is 4. The minimum Gasteiger partial charge on any atom is -0.348 e. The van der Waals surface area contributed by atoms with Crippen LogP contribution in [0, 0.1) is 12.3 Å². The lowest BCUT2D eigenvalue weighted by Gasteiger charge is -2.40. The number of halogens is 2. The van der Waals surface area contributed by atoms with Crippen molar-refractivity contribution in [1.29, 1.82) is 0 Å². The van der Waals surface area contributed by atoms with E-state index in [9.17, 15) is 18.4 Å². The molecule has 1 saturated heterocycles. The lowest BCUT2D eigenvalue weighted by molar-refractivity contribution is -0.140. The first-order valence-corrected chi connectivity index (χ1v) is 9.49. The zero-order valence-electron chi connectivity index (χ0n) is 15.9. The maximum Gasteiger partial charge on any atom is 0.270 e. The molecule has 1 N–H and O–H groups in total. The van der Waals surface area contributed by atoms with E-state index >= 15 is 0 Å². The van der Waals surface area contributed by atoms with Gasteiger partial charge in [-0.25, -0.2) is 18.7 Å². The van der Waals surface area contributed by atoms with E-state index in [4.69, 9.17) is 0 Å². The van der Waals surface area contributed by atoms with E-state index in [2.05, 4.69) is 20.3 Å². The van der Waals surface area contributed by atoms with Crippen LogP contribution in [0.2, 0.25) is 0 Å². The standard InChI is InChI=1S/C20H21F2N5O2/c1-13-23-8-5-16(25-13)27-9-6-19(18(27)29)10-14(11-20(21,22)12-19)26-17(28)15-4-2-3-7-24-15/h2-5,7-8,14H,6,9-12H2,1H3,(H,26,28)/t14-,19+/m0/s1. The Hall–Kier alpha value is -2.97. The second-order valence-electron chi connectivity index (χ2n) is 7.78. The van der Waals surface area contributed by atoms with Crippen LogP contribution in [0.1, 0.15) is 42.0 Å². The van der Waals surface area contributed by atoms with Gasteiger partial charge in [0, 0.05) is 37.8 Å². The third kappa shape index (κ3) is 3.81. The topological polar surface area (TPSA) is 88.1 Å². The average Bonchev–Trinajstić information content (AvgIpc) is 2.96. The summed E-state index contributed by atoms with van der Waals surface area (Å²) in [5.74, 6) is -3.01. The van der Waals surface area contributed by atoms with Crippen molar-refractivity contribution >= 4 is 17.6 Å². The quantitative estimate of drug-likeness (QED) is 0.854. The maximum atomic E-state index is 14.6. The second-order valence-corrected chi connectivity index (χ2v) is 7.78. The fraction of sp³-hybridized carbons (Fsp3) is 0.450. The molecule has 1 saturated carbocycles. The summed E-state index contributed by atoms with van der Waals surface area (Å²) >= 11 is 0. The van der Waals surface area contributed by atoms with Gasteiger partial charge in [0.25, 0.3) is 11.8 Å². The first kappa shape index (κ1) is 19.4. The van der Waals surface area contributed by atoms with Crippen LogP contribution < -0.4 is 10.2 Å². The van der Waals surface area contributed by atoms with Crippen LogP contribution in [0.25, 0.3) is 0 Å². The molecule has 2 aromatic rings. The number of alkyl halides is 2. The minimum absolute atomic E-state index is 0.159. The Bertz CT molecular complexity index is 939. The van der Waals surface area contributed by atoms with Crippen LogP contribution in [0.3, 0.4) is 0 Å². The molecule has 0 aromatic carbocycles. The molecule has 1 aliphatic heterocycles. The van der Waals surface area contributed by atoms with E-state index in [0.717, 1.165) is 0 Å². The lowest BCUT2D eigenvalue weighted by Crippen LogP contribution is -2.52.